The highest BCUT2D eigenvalue weighted by atomic mass is 35.5. The van der Waals surface area contributed by atoms with Crippen molar-refractivity contribution in [2.24, 2.45) is 5.14 Å². The molecule has 9 nitrogen and oxygen atoms in total. The summed E-state index contributed by atoms with van der Waals surface area (Å²) in [6, 6.07) is 5.87. The fourth-order valence-electron chi connectivity index (χ4n) is 2.03. The van der Waals surface area contributed by atoms with E-state index in [0.717, 1.165) is 18.3 Å². The third-order valence-electron chi connectivity index (χ3n) is 3.10. The van der Waals surface area contributed by atoms with Gasteiger partial charge in [0.2, 0.25) is 10.0 Å². The van der Waals surface area contributed by atoms with Crippen LogP contribution < -0.4 is 14.6 Å². The molecular formula is C15H16ClN3O6S2. The van der Waals surface area contributed by atoms with Crippen LogP contribution in [-0.2, 0) is 20.0 Å². The molecule has 0 aliphatic heterocycles. The lowest BCUT2D eigenvalue weighted by Gasteiger charge is -2.13. The van der Waals surface area contributed by atoms with Gasteiger partial charge in [-0.05, 0) is 32.0 Å². The number of pyridine rings is 1. The van der Waals surface area contributed by atoms with Gasteiger partial charge in [0.25, 0.3) is 15.9 Å². The van der Waals surface area contributed by atoms with Gasteiger partial charge in [-0.1, -0.05) is 23.7 Å². The highest BCUT2D eigenvalue weighted by Crippen LogP contribution is 2.24. The van der Waals surface area contributed by atoms with E-state index in [-0.39, 0.29) is 22.6 Å². The van der Waals surface area contributed by atoms with Crippen molar-refractivity contribution in [1.29, 1.82) is 0 Å². The molecule has 12 heteroatoms. The van der Waals surface area contributed by atoms with E-state index in [0.29, 0.717) is 0 Å². The van der Waals surface area contributed by atoms with Crippen LogP contribution in [0.3, 0.4) is 0 Å². The average molecular weight is 434 g/mol. The molecule has 0 saturated carbocycles. The van der Waals surface area contributed by atoms with Crippen LogP contribution in [0, 0.1) is 0 Å². The number of carbonyl (C=O) groups excluding carboxylic acids is 1. The maximum atomic E-state index is 12.5. The second-order valence-electron chi connectivity index (χ2n) is 5.61. The predicted molar refractivity (Wildman–Crippen MR) is 97.5 cm³/mol. The normalized spacial score (nSPS) is 12.0. The van der Waals surface area contributed by atoms with Crippen molar-refractivity contribution in [3.05, 3.63) is 47.2 Å². The van der Waals surface area contributed by atoms with E-state index < -0.39 is 35.7 Å². The third kappa shape index (κ3) is 5.16. The fourth-order valence-corrected chi connectivity index (χ4v) is 4.54. The van der Waals surface area contributed by atoms with E-state index in [4.69, 9.17) is 21.5 Å². The Hall–Kier alpha value is -2.21. The van der Waals surface area contributed by atoms with E-state index in [2.05, 4.69) is 4.98 Å². The summed E-state index contributed by atoms with van der Waals surface area (Å²) in [5.74, 6) is -0.946. The van der Waals surface area contributed by atoms with Crippen molar-refractivity contribution in [3.63, 3.8) is 0 Å². The van der Waals surface area contributed by atoms with Crippen molar-refractivity contribution in [2.45, 2.75) is 29.7 Å². The molecule has 0 aliphatic carbocycles. The van der Waals surface area contributed by atoms with Crippen molar-refractivity contribution >= 4 is 37.6 Å². The number of ether oxygens (including phenoxy) is 1. The van der Waals surface area contributed by atoms with Crippen LogP contribution in [0.5, 0.6) is 5.75 Å². The minimum atomic E-state index is -4.53. The first-order chi connectivity index (χ1) is 12.4. The largest absolute Gasteiger partial charge is 0.488 e. The maximum absolute atomic E-state index is 12.5. The molecule has 1 amide bonds. The van der Waals surface area contributed by atoms with Crippen molar-refractivity contribution in [3.8, 4) is 5.75 Å². The zero-order valence-electron chi connectivity index (χ0n) is 14.2. The number of nitrogens with two attached hydrogens (primary N) is 1. The van der Waals surface area contributed by atoms with Crippen LogP contribution in [0.25, 0.3) is 0 Å². The van der Waals surface area contributed by atoms with Crippen LogP contribution >= 0.6 is 11.6 Å². The van der Waals surface area contributed by atoms with Gasteiger partial charge in [0.05, 0.1) is 11.7 Å². The summed E-state index contributed by atoms with van der Waals surface area (Å²) in [6.45, 7) is 3.47. The van der Waals surface area contributed by atoms with Gasteiger partial charge in [-0.2, -0.15) is 0 Å². The highest BCUT2D eigenvalue weighted by molar-refractivity contribution is 7.92. The molecule has 0 saturated heterocycles. The van der Waals surface area contributed by atoms with E-state index in [1.54, 1.807) is 18.6 Å². The van der Waals surface area contributed by atoms with Gasteiger partial charge in [0, 0.05) is 6.20 Å². The first kappa shape index (κ1) is 21.1. The molecule has 0 bridgehead atoms. The average Bonchev–Trinajstić information content (AvgIpc) is 2.55. The number of amides is 1. The number of sulfonamides is 2. The lowest BCUT2D eigenvalue weighted by molar-refractivity contribution is 0.0980. The molecule has 1 heterocycles. The Balaban J connectivity index is 2.39. The molecule has 1 aromatic carbocycles. The van der Waals surface area contributed by atoms with E-state index in [9.17, 15) is 21.6 Å². The van der Waals surface area contributed by atoms with Gasteiger partial charge >= 0.3 is 0 Å². The van der Waals surface area contributed by atoms with Crippen LogP contribution in [0.4, 0.5) is 0 Å². The molecule has 1 aromatic heterocycles. The summed E-state index contributed by atoms with van der Waals surface area (Å²) in [5, 5.41) is 5.04. The summed E-state index contributed by atoms with van der Waals surface area (Å²) < 4.78 is 55.3. The number of rotatable bonds is 6. The third-order valence-corrected chi connectivity index (χ3v) is 5.88. The molecule has 27 heavy (non-hydrogen) atoms. The number of nitrogens with one attached hydrogen (secondary N) is 1. The van der Waals surface area contributed by atoms with Crippen molar-refractivity contribution in [2.75, 3.05) is 0 Å². The fraction of sp³-hybridized carbons (Fsp3) is 0.200. The number of hydrogen-bond donors (Lipinski definition) is 2. The molecule has 2 aromatic rings. The van der Waals surface area contributed by atoms with Crippen molar-refractivity contribution in [1.82, 2.24) is 9.71 Å². The van der Waals surface area contributed by atoms with Crippen LogP contribution in [0.2, 0.25) is 5.15 Å². The standard InChI is InChI=1S/C15H16ClN3O6S2/c1-9(2)25-11-7-10(8-18-14(11)16)15(20)19-27(23,24)13-6-4-3-5-12(13)26(17,21)22/h3-9H,1-2H3,(H,19,20)(H2,17,21,22). The lowest BCUT2D eigenvalue weighted by atomic mass is 10.2. The van der Waals surface area contributed by atoms with Crippen molar-refractivity contribution < 1.29 is 26.4 Å². The topological polar surface area (TPSA) is 146 Å². The van der Waals surface area contributed by atoms with Gasteiger partial charge < -0.3 is 4.74 Å². The minimum absolute atomic E-state index is 0.00248. The second-order valence-corrected chi connectivity index (χ2v) is 9.14. The van der Waals surface area contributed by atoms with E-state index in [1.165, 1.54) is 18.2 Å². The first-order valence-corrected chi connectivity index (χ1v) is 10.8. The van der Waals surface area contributed by atoms with Crippen LogP contribution in [0.15, 0.2) is 46.3 Å². The van der Waals surface area contributed by atoms with Gasteiger partial charge in [-0.15, -0.1) is 0 Å². The summed E-state index contributed by atoms with van der Waals surface area (Å²) in [7, 11) is -8.85. The number of benzene rings is 1. The smallest absolute Gasteiger partial charge is 0.266 e. The Kier molecular flexibility index (Phi) is 6.10. The second kappa shape index (κ2) is 7.80. The molecular weight excluding hydrogens is 418 g/mol. The molecule has 0 fully saturated rings. The van der Waals surface area contributed by atoms with E-state index in [1.807, 2.05) is 0 Å². The Morgan fingerprint density at radius 1 is 1.19 bits per heavy atom. The first-order valence-electron chi connectivity index (χ1n) is 7.43. The maximum Gasteiger partial charge on any atom is 0.266 e. The SMILES string of the molecule is CC(C)Oc1cc(C(=O)NS(=O)(=O)c2ccccc2S(N)(=O)=O)cnc1Cl. The molecule has 0 spiro atoms. The molecule has 3 N–H and O–H groups in total. The molecule has 0 unspecified atom stereocenters. The number of carbonyl (C=O) groups is 1. The zero-order chi connectivity index (χ0) is 20.4. The van der Waals surface area contributed by atoms with Crippen LogP contribution in [-0.4, -0.2) is 33.8 Å². The predicted octanol–water partition coefficient (Wildman–Crippen LogP) is 1.29. The van der Waals surface area contributed by atoms with Gasteiger partial charge in [-0.3, -0.25) is 4.79 Å². The molecule has 0 atom stereocenters. The number of aromatic nitrogens is 1. The number of hydrogen-bond acceptors (Lipinski definition) is 7. The monoisotopic (exact) mass is 433 g/mol. The molecule has 2 rings (SSSR count). The van der Waals surface area contributed by atoms with Gasteiger partial charge in [0.15, 0.2) is 10.9 Å². The quantitative estimate of drug-likeness (QED) is 0.652. The zero-order valence-corrected chi connectivity index (χ0v) is 16.6. The Bertz CT molecular complexity index is 1080. The Labute approximate surface area is 161 Å². The summed E-state index contributed by atoms with van der Waals surface area (Å²) in [6.07, 6.45) is 0.805. The molecule has 0 aliphatic rings. The number of nitrogens with zero attached hydrogens (tertiary/aromatic N) is 1. The van der Waals surface area contributed by atoms with E-state index >= 15 is 0 Å². The minimum Gasteiger partial charge on any atom is -0.488 e. The molecule has 146 valence electrons. The van der Waals surface area contributed by atoms with Gasteiger partial charge in [-0.25, -0.2) is 31.7 Å². The Morgan fingerprint density at radius 3 is 2.33 bits per heavy atom. The van der Waals surface area contributed by atoms with Gasteiger partial charge in [0.1, 0.15) is 9.79 Å². The Morgan fingerprint density at radius 2 is 1.78 bits per heavy atom. The highest BCUT2D eigenvalue weighted by Gasteiger charge is 2.26. The number of primary sulfonamides is 1. The summed E-state index contributed by atoms with van der Waals surface area (Å²) in [5.41, 5.74) is -0.147. The van der Waals surface area contributed by atoms with Crippen LogP contribution in [0.1, 0.15) is 24.2 Å². The number of halogens is 1. The summed E-state index contributed by atoms with van der Waals surface area (Å²) in [4.78, 5) is 14.8. The molecule has 0 radical (unpaired) electrons. The summed E-state index contributed by atoms with van der Waals surface area (Å²) >= 11 is 5.88. The lowest BCUT2D eigenvalue weighted by Crippen LogP contribution is -2.32.